The third-order valence-corrected chi connectivity index (χ3v) is 10.7. The van der Waals surface area contributed by atoms with E-state index < -0.39 is 0 Å². The van der Waals surface area contributed by atoms with Crippen LogP contribution in [-0.2, 0) is 6.42 Å². The molecule has 0 atom stereocenters. The van der Waals surface area contributed by atoms with Gasteiger partial charge in [-0.3, -0.25) is 0 Å². The summed E-state index contributed by atoms with van der Waals surface area (Å²) in [5.41, 5.74) is 14.9. The Hall–Kier alpha value is -7.48. The van der Waals surface area contributed by atoms with Crippen molar-refractivity contribution in [3.8, 4) is 33.4 Å². The van der Waals surface area contributed by atoms with Crippen LogP contribution in [0.2, 0.25) is 0 Å². The van der Waals surface area contributed by atoms with E-state index in [9.17, 15) is 0 Å². The Morgan fingerprint density at radius 1 is 0.633 bits per heavy atom. The second kappa shape index (κ2) is 20.3. The average Bonchev–Trinajstić information content (AvgIpc) is 3.31. The fraction of sp³-hybridized carbons (Fsp3) is 0.0508. The molecule has 0 unspecified atom stereocenters. The van der Waals surface area contributed by atoms with E-state index in [1.807, 2.05) is 24.3 Å². The van der Waals surface area contributed by atoms with Gasteiger partial charge in [0.2, 0.25) is 0 Å². The zero-order valence-electron chi connectivity index (χ0n) is 34.4. The van der Waals surface area contributed by atoms with Crippen LogP contribution in [0.4, 0.5) is 5.69 Å². The fourth-order valence-electron chi connectivity index (χ4n) is 7.61. The minimum Gasteiger partial charge on any atom is -0.311 e. The molecule has 0 amide bonds. The van der Waals surface area contributed by atoms with E-state index in [2.05, 4.69) is 238 Å². The third kappa shape index (κ3) is 9.79. The van der Waals surface area contributed by atoms with Crippen LogP contribution in [-0.4, -0.2) is 0 Å². The Morgan fingerprint density at radius 2 is 1.37 bits per heavy atom. The highest BCUT2D eigenvalue weighted by Gasteiger charge is 2.15. The highest BCUT2D eigenvalue weighted by molar-refractivity contribution is 5.96. The highest BCUT2D eigenvalue weighted by atomic mass is 15.1. The molecule has 0 bridgehead atoms. The number of hydrogen-bond acceptors (Lipinski definition) is 1. The lowest BCUT2D eigenvalue weighted by molar-refractivity contribution is 1.13. The Morgan fingerprint density at radius 3 is 2.10 bits per heavy atom. The van der Waals surface area contributed by atoms with Gasteiger partial charge in [-0.2, -0.15) is 0 Å². The second-order valence-corrected chi connectivity index (χ2v) is 14.5. The first-order valence-corrected chi connectivity index (χ1v) is 20.6. The largest absolute Gasteiger partial charge is 0.311 e. The summed E-state index contributed by atoms with van der Waals surface area (Å²) >= 11 is 0. The molecular formula is C59H51N. The normalized spacial score (nSPS) is 14.0. The maximum atomic E-state index is 4.28. The molecule has 0 N–H and O–H groups in total. The maximum Gasteiger partial charge on any atom is 0.0462 e. The van der Waals surface area contributed by atoms with Crippen molar-refractivity contribution in [2.24, 2.45) is 0 Å². The van der Waals surface area contributed by atoms with Gasteiger partial charge in [-0.25, -0.2) is 0 Å². The molecule has 6 aromatic rings. The number of benzene rings is 6. The molecule has 1 heteroatoms. The molecule has 60 heavy (non-hydrogen) atoms. The predicted molar refractivity (Wildman–Crippen MR) is 263 cm³/mol. The summed E-state index contributed by atoms with van der Waals surface area (Å²) in [5.74, 6) is 0. The van der Waals surface area contributed by atoms with Crippen molar-refractivity contribution in [2.45, 2.75) is 19.8 Å². The Balaban J connectivity index is 1.21. The summed E-state index contributed by atoms with van der Waals surface area (Å²) in [6.45, 7) is 14.4. The zero-order valence-corrected chi connectivity index (χ0v) is 34.4. The Labute approximate surface area is 357 Å². The van der Waals surface area contributed by atoms with Crippen LogP contribution in [0.1, 0.15) is 24.5 Å². The average molecular weight is 774 g/mol. The van der Waals surface area contributed by atoms with Gasteiger partial charge in [0.05, 0.1) is 0 Å². The molecule has 6 aromatic carbocycles. The minimum atomic E-state index is 0.781. The lowest BCUT2D eigenvalue weighted by Gasteiger charge is -2.27. The number of hydrogen-bond donors (Lipinski definition) is 0. The first-order valence-electron chi connectivity index (χ1n) is 20.6. The lowest BCUT2D eigenvalue weighted by atomic mass is 9.90. The predicted octanol–water partition coefficient (Wildman–Crippen LogP) is 16.2. The number of fused-ring (bicyclic) bond motifs is 1. The van der Waals surface area contributed by atoms with E-state index in [1.54, 1.807) is 0 Å². The van der Waals surface area contributed by atoms with Crippen LogP contribution in [0, 0.1) is 0 Å². The number of rotatable bonds is 15. The molecule has 0 saturated heterocycles. The topological polar surface area (TPSA) is 3.24 Å². The smallest absolute Gasteiger partial charge is 0.0462 e. The third-order valence-electron chi connectivity index (χ3n) is 10.7. The van der Waals surface area contributed by atoms with Crippen molar-refractivity contribution in [3.63, 3.8) is 0 Å². The molecule has 0 heterocycles. The maximum absolute atomic E-state index is 4.28. The molecule has 0 fully saturated rings. The van der Waals surface area contributed by atoms with E-state index in [4.69, 9.17) is 0 Å². The van der Waals surface area contributed by atoms with Crippen LogP contribution in [0.15, 0.2) is 267 Å². The zero-order chi connectivity index (χ0) is 41.5. The molecule has 0 spiro atoms. The van der Waals surface area contributed by atoms with E-state index in [0.717, 1.165) is 46.6 Å². The lowest BCUT2D eigenvalue weighted by Crippen LogP contribution is -2.20. The van der Waals surface area contributed by atoms with Crippen molar-refractivity contribution in [3.05, 3.63) is 278 Å². The Kier molecular flexibility index (Phi) is 13.8. The van der Waals surface area contributed by atoms with Gasteiger partial charge in [0.25, 0.3) is 0 Å². The Bertz CT molecular complexity index is 2720. The first kappa shape index (κ1) is 40.7. The van der Waals surface area contributed by atoms with Crippen LogP contribution in [0.3, 0.4) is 0 Å². The molecule has 1 aliphatic carbocycles. The molecule has 0 aliphatic heterocycles. The molecular weight excluding hydrogens is 723 g/mol. The van der Waals surface area contributed by atoms with Crippen LogP contribution in [0.25, 0.3) is 49.7 Å². The van der Waals surface area contributed by atoms with Crippen molar-refractivity contribution in [1.29, 1.82) is 0 Å². The van der Waals surface area contributed by atoms with Gasteiger partial charge in [0.15, 0.2) is 0 Å². The first-order chi connectivity index (χ1) is 29.6. The van der Waals surface area contributed by atoms with Gasteiger partial charge in [-0.15, -0.1) is 0 Å². The summed E-state index contributed by atoms with van der Waals surface area (Å²) < 4.78 is 0. The molecule has 1 nitrogen and oxygen atoms in total. The summed E-state index contributed by atoms with van der Waals surface area (Å²) in [5, 5.41) is 2.52. The highest BCUT2D eigenvalue weighted by Crippen LogP contribution is 2.36. The van der Waals surface area contributed by atoms with Gasteiger partial charge in [-0.1, -0.05) is 208 Å². The molecule has 1 aliphatic rings. The minimum absolute atomic E-state index is 0.781. The number of allylic oxidation sites excluding steroid dienone is 17. The van der Waals surface area contributed by atoms with Gasteiger partial charge in [0.1, 0.15) is 0 Å². The summed E-state index contributed by atoms with van der Waals surface area (Å²) in [6, 6.07) is 50.2. The van der Waals surface area contributed by atoms with Crippen LogP contribution < -0.4 is 4.90 Å². The van der Waals surface area contributed by atoms with E-state index in [-0.39, 0.29) is 0 Å². The van der Waals surface area contributed by atoms with Gasteiger partial charge < -0.3 is 4.90 Å². The van der Waals surface area contributed by atoms with Gasteiger partial charge >= 0.3 is 0 Å². The van der Waals surface area contributed by atoms with Gasteiger partial charge in [-0.05, 0) is 129 Å². The van der Waals surface area contributed by atoms with E-state index >= 15 is 0 Å². The van der Waals surface area contributed by atoms with Crippen molar-refractivity contribution in [1.82, 2.24) is 0 Å². The van der Waals surface area contributed by atoms with E-state index in [0.29, 0.717) is 0 Å². The van der Waals surface area contributed by atoms with E-state index in [1.165, 1.54) is 49.7 Å². The summed E-state index contributed by atoms with van der Waals surface area (Å²) in [7, 11) is 0. The van der Waals surface area contributed by atoms with Gasteiger partial charge in [0, 0.05) is 17.1 Å². The summed E-state index contributed by atoms with van der Waals surface area (Å²) in [4.78, 5) is 2.25. The summed E-state index contributed by atoms with van der Waals surface area (Å²) in [6.07, 6.45) is 32.8. The van der Waals surface area contributed by atoms with Crippen molar-refractivity contribution < 1.29 is 0 Å². The molecule has 292 valence electrons. The monoisotopic (exact) mass is 773 g/mol. The van der Waals surface area contributed by atoms with Crippen molar-refractivity contribution in [2.75, 3.05) is 4.90 Å². The van der Waals surface area contributed by atoms with Crippen molar-refractivity contribution >= 4 is 22.0 Å². The molecule has 0 radical (unpaired) electrons. The molecule has 0 saturated carbocycles. The fourth-order valence-corrected chi connectivity index (χ4v) is 7.61. The second-order valence-electron chi connectivity index (χ2n) is 14.5. The molecule has 7 rings (SSSR count). The van der Waals surface area contributed by atoms with Crippen LogP contribution >= 0.6 is 0 Å². The van der Waals surface area contributed by atoms with Crippen LogP contribution in [0.5, 0.6) is 0 Å². The number of nitrogens with zero attached hydrogens (tertiary/aromatic N) is 1. The standard InChI is InChI=1S/C59H51N/c1-5-9-24-47(7-3)58-43-39-52(44-59(58)50-25-14-11-15-26-50)48-37-41-55(42-38-48)60(53(8-4)40-34-45-21-12-10-13-22-45)54(20-6-2)29-18-23-46-32-35-51(36-33-46)57-31-19-28-49-27-16-17-30-56(49)57/h5-21,24-44H,1-2,4,22-23H2,3H3/b24-9-,29-18-,45-34-,47-7+,53-40+,54-20+. The SMILES string of the molecule is C=C/C=C\C(=C/C)c1ccc(-c2ccc(N(/C(C=C)=C/C=C3/C=CC=CC3)C(/C=C\Cc3ccc(-c4cccc5ccccc45)cc3)=C/C=C)cc2)cc1-c1ccccc1. The molecule has 0 aromatic heterocycles. The number of anilines is 1. The quantitative estimate of drug-likeness (QED) is 0.0940.